The van der Waals surface area contributed by atoms with E-state index in [-0.39, 0.29) is 0 Å². The first-order chi connectivity index (χ1) is 10.4. The fourth-order valence-corrected chi connectivity index (χ4v) is 3.20. The summed E-state index contributed by atoms with van der Waals surface area (Å²) < 4.78 is 11.4. The molecular weight excluding hydrogens is 266 g/mol. The number of benzene rings is 1. The molecule has 2 aromatic rings. The number of hydrogen-bond acceptors (Lipinski definition) is 4. The van der Waals surface area contributed by atoms with Crippen molar-refractivity contribution in [1.82, 2.24) is 15.2 Å². The zero-order chi connectivity index (χ0) is 14.1. The lowest BCUT2D eigenvalue weighted by atomic mass is 9.89. The average molecular weight is 285 g/mol. The second kappa shape index (κ2) is 5.39. The van der Waals surface area contributed by atoms with Crippen LogP contribution in [0.2, 0.25) is 0 Å². The Morgan fingerprint density at radius 3 is 2.81 bits per heavy atom. The quantitative estimate of drug-likeness (QED) is 0.919. The Labute approximate surface area is 123 Å². The summed E-state index contributed by atoms with van der Waals surface area (Å²) in [5, 5.41) is 7.52. The van der Waals surface area contributed by atoms with Gasteiger partial charge in [-0.2, -0.15) is 5.10 Å². The summed E-state index contributed by atoms with van der Waals surface area (Å²) >= 11 is 0. The minimum Gasteiger partial charge on any atom is -0.486 e. The van der Waals surface area contributed by atoms with E-state index >= 15 is 0 Å². The first-order valence-corrected chi connectivity index (χ1v) is 7.73. The number of ether oxygens (including phenoxy) is 2. The highest BCUT2D eigenvalue weighted by Crippen LogP contribution is 2.39. The minimum atomic E-state index is 0.525. The summed E-state index contributed by atoms with van der Waals surface area (Å²) in [5.41, 5.74) is 0.908. The highest BCUT2D eigenvalue weighted by molar-refractivity contribution is 5.68. The molecular formula is C16H19N3O2. The van der Waals surface area contributed by atoms with Crippen molar-refractivity contribution in [2.24, 2.45) is 0 Å². The lowest BCUT2D eigenvalue weighted by molar-refractivity contribution is 0.172. The van der Waals surface area contributed by atoms with Crippen LogP contribution in [-0.4, -0.2) is 28.4 Å². The Hall–Kier alpha value is -2.04. The highest BCUT2D eigenvalue weighted by atomic mass is 16.6. The predicted octanol–water partition coefficient (Wildman–Crippen LogP) is 3.29. The Balaban J connectivity index is 1.66. The van der Waals surface area contributed by atoms with Crippen LogP contribution in [0.25, 0.3) is 11.4 Å². The van der Waals surface area contributed by atoms with Crippen molar-refractivity contribution in [2.75, 3.05) is 13.2 Å². The molecule has 0 amide bonds. The molecule has 2 aliphatic rings. The van der Waals surface area contributed by atoms with Crippen LogP contribution < -0.4 is 9.47 Å². The monoisotopic (exact) mass is 285 g/mol. The van der Waals surface area contributed by atoms with Gasteiger partial charge in [0.2, 0.25) is 0 Å². The molecule has 0 saturated heterocycles. The van der Waals surface area contributed by atoms with Crippen LogP contribution in [-0.2, 0) is 0 Å². The average Bonchev–Trinajstić information content (AvgIpc) is 3.05. The second-order valence-electron chi connectivity index (χ2n) is 5.71. The zero-order valence-corrected chi connectivity index (χ0v) is 12.0. The Kier molecular flexibility index (Phi) is 3.25. The van der Waals surface area contributed by atoms with Gasteiger partial charge in [0.05, 0.1) is 5.56 Å². The van der Waals surface area contributed by atoms with Crippen LogP contribution in [0.15, 0.2) is 18.2 Å². The molecule has 21 heavy (non-hydrogen) atoms. The van der Waals surface area contributed by atoms with Gasteiger partial charge in [-0.3, -0.25) is 5.10 Å². The zero-order valence-electron chi connectivity index (χ0n) is 12.0. The van der Waals surface area contributed by atoms with Gasteiger partial charge in [-0.05, 0) is 25.0 Å². The van der Waals surface area contributed by atoms with Crippen molar-refractivity contribution in [3.63, 3.8) is 0 Å². The van der Waals surface area contributed by atoms with Gasteiger partial charge in [0.25, 0.3) is 0 Å². The van der Waals surface area contributed by atoms with Gasteiger partial charge in [0.1, 0.15) is 19.0 Å². The summed E-state index contributed by atoms with van der Waals surface area (Å²) in [4.78, 5) is 4.71. The molecule has 1 fully saturated rings. The van der Waals surface area contributed by atoms with Crippen LogP contribution >= 0.6 is 0 Å². The number of para-hydroxylation sites is 1. The predicted molar refractivity (Wildman–Crippen MR) is 78.6 cm³/mol. The number of hydrogen-bond donors (Lipinski definition) is 1. The standard InChI is InChI=1S/C16H19N3O2/c1-2-5-11(6-3-1)15-17-16(19-18-15)12-7-4-8-13-14(12)21-10-9-20-13/h4,7-8,11H,1-3,5-6,9-10H2,(H,17,18,19). The lowest BCUT2D eigenvalue weighted by Gasteiger charge is -2.20. The summed E-state index contributed by atoms with van der Waals surface area (Å²) in [7, 11) is 0. The molecule has 0 unspecified atom stereocenters. The van der Waals surface area contributed by atoms with Crippen LogP contribution in [0.1, 0.15) is 43.8 Å². The van der Waals surface area contributed by atoms with Gasteiger partial charge in [0, 0.05) is 5.92 Å². The minimum absolute atomic E-state index is 0.525. The fraction of sp³-hybridized carbons (Fsp3) is 0.500. The summed E-state index contributed by atoms with van der Waals surface area (Å²) in [6.07, 6.45) is 6.34. The van der Waals surface area contributed by atoms with Crippen molar-refractivity contribution in [2.45, 2.75) is 38.0 Å². The van der Waals surface area contributed by atoms with Crippen molar-refractivity contribution < 1.29 is 9.47 Å². The van der Waals surface area contributed by atoms with E-state index in [2.05, 4.69) is 10.2 Å². The SMILES string of the molecule is c1cc2c(c(-c3n[nH]c(C4CCCCC4)n3)c1)OCCO2. The largest absolute Gasteiger partial charge is 0.486 e. The van der Waals surface area contributed by atoms with Crippen LogP contribution in [0.4, 0.5) is 0 Å². The number of nitrogens with one attached hydrogen (secondary N) is 1. The molecule has 110 valence electrons. The van der Waals surface area contributed by atoms with Gasteiger partial charge < -0.3 is 9.47 Å². The van der Waals surface area contributed by atoms with Crippen LogP contribution in [0.5, 0.6) is 11.5 Å². The van der Waals surface area contributed by atoms with Crippen molar-refractivity contribution in [1.29, 1.82) is 0 Å². The van der Waals surface area contributed by atoms with E-state index in [1.165, 1.54) is 32.1 Å². The number of fused-ring (bicyclic) bond motifs is 1. The third-order valence-electron chi connectivity index (χ3n) is 4.30. The van der Waals surface area contributed by atoms with Crippen LogP contribution in [0, 0.1) is 0 Å². The number of rotatable bonds is 2. The van der Waals surface area contributed by atoms with E-state index in [1.54, 1.807) is 0 Å². The molecule has 0 bridgehead atoms. The molecule has 0 spiro atoms. The maximum atomic E-state index is 5.74. The van der Waals surface area contributed by atoms with Crippen molar-refractivity contribution in [3.05, 3.63) is 24.0 Å². The van der Waals surface area contributed by atoms with E-state index in [9.17, 15) is 0 Å². The molecule has 5 heteroatoms. The van der Waals surface area contributed by atoms with E-state index < -0.39 is 0 Å². The van der Waals surface area contributed by atoms with Gasteiger partial charge in [0.15, 0.2) is 17.3 Å². The number of H-pyrrole nitrogens is 1. The Morgan fingerprint density at radius 1 is 1.05 bits per heavy atom. The van der Waals surface area contributed by atoms with Gasteiger partial charge >= 0.3 is 0 Å². The fourth-order valence-electron chi connectivity index (χ4n) is 3.20. The van der Waals surface area contributed by atoms with Crippen LogP contribution in [0.3, 0.4) is 0 Å². The normalized spacial score (nSPS) is 18.7. The molecule has 1 N–H and O–H groups in total. The molecule has 1 aromatic heterocycles. The maximum Gasteiger partial charge on any atom is 0.185 e. The van der Waals surface area contributed by atoms with Gasteiger partial charge in [-0.1, -0.05) is 25.3 Å². The molecule has 1 aliphatic heterocycles. The third-order valence-corrected chi connectivity index (χ3v) is 4.30. The van der Waals surface area contributed by atoms with E-state index in [4.69, 9.17) is 14.5 Å². The number of nitrogens with zero attached hydrogens (tertiary/aromatic N) is 2. The molecule has 2 heterocycles. The molecule has 4 rings (SSSR count). The van der Waals surface area contributed by atoms with E-state index in [0.717, 1.165) is 22.9 Å². The molecule has 5 nitrogen and oxygen atoms in total. The molecule has 1 aliphatic carbocycles. The molecule has 1 saturated carbocycles. The molecule has 0 radical (unpaired) electrons. The highest BCUT2D eigenvalue weighted by Gasteiger charge is 2.22. The third kappa shape index (κ3) is 2.37. The van der Waals surface area contributed by atoms with Crippen molar-refractivity contribution in [3.8, 4) is 22.9 Å². The Bertz CT molecular complexity index is 632. The molecule has 1 aromatic carbocycles. The topological polar surface area (TPSA) is 60.0 Å². The first-order valence-electron chi connectivity index (χ1n) is 7.73. The second-order valence-corrected chi connectivity index (χ2v) is 5.71. The number of aromatic amines is 1. The van der Waals surface area contributed by atoms with Gasteiger partial charge in [-0.15, -0.1) is 0 Å². The van der Waals surface area contributed by atoms with Crippen molar-refractivity contribution >= 4 is 0 Å². The molecule has 0 atom stereocenters. The lowest BCUT2D eigenvalue weighted by Crippen LogP contribution is -2.15. The van der Waals surface area contributed by atoms with E-state index in [1.807, 2.05) is 18.2 Å². The van der Waals surface area contributed by atoms with Gasteiger partial charge in [-0.25, -0.2) is 4.98 Å². The smallest absolute Gasteiger partial charge is 0.185 e. The number of aromatic nitrogens is 3. The Morgan fingerprint density at radius 2 is 1.90 bits per heavy atom. The maximum absolute atomic E-state index is 5.74. The summed E-state index contributed by atoms with van der Waals surface area (Å²) in [6.45, 7) is 1.17. The summed E-state index contributed by atoms with van der Waals surface area (Å²) in [6, 6.07) is 5.87. The first kappa shape index (κ1) is 12.7. The summed E-state index contributed by atoms with van der Waals surface area (Å²) in [5.74, 6) is 3.79. The van der Waals surface area contributed by atoms with E-state index in [0.29, 0.717) is 25.0 Å².